The van der Waals surface area contributed by atoms with Crippen molar-refractivity contribution >= 4 is 50.7 Å². The Morgan fingerprint density at radius 1 is 1.03 bits per heavy atom. The zero-order valence-electron chi connectivity index (χ0n) is 18.0. The summed E-state index contributed by atoms with van der Waals surface area (Å²) in [6.07, 6.45) is -1.01. The van der Waals surface area contributed by atoms with Gasteiger partial charge in [0.25, 0.3) is 5.91 Å². The van der Waals surface area contributed by atoms with Crippen LogP contribution in [0.2, 0.25) is 5.02 Å². The van der Waals surface area contributed by atoms with E-state index in [2.05, 4.69) is 15.9 Å². The van der Waals surface area contributed by atoms with Crippen LogP contribution in [0.3, 0.4) is 0 Å². The van der Waals surface area contributed by atoms with Crippen molar-refractivity contribution in [3.63, 3.8) is 0 Å². The predicted octanol–water partition coefficient (Wildman–Crippen LogP) is 5.26. The van der Waals surface area contributed by atoms with Crippen molar-refractivity contribution < 1.29 is 24.3 Å². The summed E-state index contributed by atoms with van der Waals surface area (Å²) in [7, 11) is 0. The van der Waals surface area contributed by atoms with E-state index in [1.807, 2.05) is 37.3 Å². The molecule has 5 rings (SSSR count). The number of amides is 2. The molecule has 0 unspecified atom stereocenters. The Morgan fingerprint density at radius 3 is 2.47 bits per heavy atom. The number of aromatic hydroxyl groups is 1. The highest BCUT2D eigenvalue weighted by molar-refractivity contribution is 9.10. The van der Waals surface area contributed by atoms with Crippen LogP contribution in [0.1, 0.15) is 18.5 Å². The second-order valence-electron chi connectivity index (χ2n) is 7.93. The molecule has 2 fully saturated rings. The molecule has 3 aromatic carbocycles. The van der Waals surface area contributed by atoms with E-state index in [1.165, 1.54) is 0 Å². The minimum absolute atomic E-state index is 0.0401. The van der Waals surface area contributed by atoms with Gasteiger partial charge in [0, 0.05) is 5.02 Å². The first kappa shape index (κ1) is 22.7. The fourth-order valence-electron chi connectivity index (χ4n) is 4.45. The summed E-state index contributed by atoms with van der Waals surface area (Å²) in [5.41, 5.74) is 1.74. The lowest BCUT2D eigenvalue weighted by atomic mass is 9.90. The van der Waals surface area contributed by atoms with E-state index in [0.717, 1.165) is 4.90 Å². The molecule has 0 aliphatic carbocycles. The number of rotatable bonds is 5. The van der Waals surface area contributed by atoms with Gasteiger partial charge in [-0.3, -0.25) is 14.4 Å². The van der Waals surface area contributed by atoms with E-state index in [9.17, 15) is 14.7 Å². The van der Waals surface area contributed by atoms with E-state index in [1.54, 1.807) is 41.5 Å². The maximum Gasteiger partial charge on any atom is 0.266 e. The highest BCUT2D eigenvalue weighted by atomic mass is 79.9. The lowest BCUT2D eigenvalue weighted by molar-refractivity contribution is -0.126. The monoisotopic (exact) mass is 542 g/mol. The van der Waals surface area contributed by atoms with E-state index < -0.39 is 24.0 Å². The number of hydrogen-bond donors (Lipinski definition) is 1. The normalized spacial score (nSPS) is 21.8. The number of ether oxygens (including phenoxy) is 1. The van der Waals surface area contributed by atoms with Crippen LogP contribution in [-0.4, -0.2) is 29.6 Å². The largest absolute Gasteiger partial charge is 0.503 e. The maximum absolute atomic E-state index is 13.7. The van der Waals surface area contributed by atoms with Gasteiger partial charge in [0.05, 0.1) is 28.5 Å². The number of halogens is 2. The van der Waals surface area contributed by atoms with Crippen LogP contribution >= 0.6 is 27.5 Å². The quantitative estimate of drug-likeness (QED) is 0.443. The lowest BCUT2D eigenvalue weighted by Crippen LogP contribution is -2.37. The van der Waals surface area contributed by atoms with Crippen LogP contribution in [0.25, 0.3) is 0 Å². The molecule has 2 saturated heterocycles. The van der Waals surface area contributed by atoms with Crippen molar-refractivity contribution in [1.82, 2.24) is 0 Å². The second kappa shape index (κ2) is 8.94. The van der Waals surface area contributed by atoms with Crippen molar-refractivity contribution in [3.8, 4) is 11.5 Å². The zero-order chi connectivity index (χ0) is 24.0. The van der Waals surface area contributed by atoms with Crippen molar-refractivity contribution in [2.45, 2.75) is 19.1 Å². The summed E-state index contributed by atoms with van der Waals surface area (Å²) in [6, 6.07) is 18.6. The SMILES string of the molecule is CCOc1cc([C@@H]2[C@H]3C(=O)N(c4cccc(Cl)c4)C(=O)[C@@H]3ON2c2ccccc2)cc(Br)c1O. The molecule has 0 spiro atoms. The van der Waals surface area contributed by atoms with Crippen LogP contribution in [0, 0.1) is 5.92 Å². The molecule has 2 heterocycles. The number of phenols is 1. The molecule has 9 heteroatoms. The Kier molecular flexibility index (Phi) is 5.97. The number of fused-ring (bicyclic) bond motifs is 1. The first-order valence-electron chi connectivity index (χ1n) is 10.7. The number of carbonyl (C=O) groups is 2. The highest BCUT2D eigenvalue weighted by Crippen LogP contribution is 2.49. The van der Waals surface area contributed by atoms with Gasteiger partial charge in [-0.2, -0.15) is 0 Å². The number of phenolic OH excluding ortho intramolecular Hbond substituents is 1. The van der Waals surface area contributed by atoms with Gasteiger partial charge in [0.2, 0.25) is 5.91 Å². The molecule has 174 valence electrons. The van der Waals surface area contributed by atoms with E-state index in [4.69, 9.17) is 21.2 Å². The Morgan fingerprint density at radius 2 is 1.76 bits per heavy atom. The zero-order valence-corrected chi connectivity index (χ0v) is 20.4. The second-order valence-corrected chi connectivity index (χ2v) is 9.22. The number of imide groups is 1. The average molecular weight is 544 g/mol. The average Bonchev–Trinajstić information content (AvgIpc) is 3.33. The minimum Gasteiger partial charge on any atom is -0.503 e. The fraction of sp³-hybridized carbons (Fsp3) is 0.200. The van der Waals surface area contributed by atoms with Crippen molar-refractivity contribution in [3.05, 3.63) is 81.8 Å². The van der Waals surface area contributed by atoms with Gasteiger partial charge in [-0.15, -0.1) is 0 Å². The molecular formula is C25H20BrClN2O5. The molecule has 0 aromatic heterocycles. The van der Waals surface area contributed by atoms with Gasteiger partial charge >= 0.3 is 0 Å². The summed E-state index contributed by atoms with van der Waals surface area (Å²) >= 11 is 9.49. The van der Waals surface area contributed by atoms with Crippen molar-refractivity contribution in [2.24, 2.45) is 5.92 Å². The highest BCUT2D eigenvalue weighted by Gasteiger charge is 2.60. The van der Waals surface area contributed by atoms with E-state index in [-0.39, 0.29) is 17.4 Å². The first-order chi connectivity index (χ1) is 16.4. The molecular weight excluding hydrogens is 524 g/mol. The van der Waals surface area contributed by atoms with Crippen LogP contribution in [0.5, 0.6) is 11.5 Å². The molecule has 3 atom stereocenters. The van der Waals surface area contributed by atoms with Gasteiger partial charge in [-0.1, -0.05) is 35.9 Å². The lowest BCUT2D eigenvalue weighted by Gasteiger charge is -2.29. The van der Waals surface area contributed by atoms with E-state index in [0.29, 0.717) is 33.0 Å². The number of nitrogens with zero attached hydrogens (tertiary/aromatic N) is 2. The third kappa shape index (κ3) is 3.72. The van der Waals surface area contributed by atoms with Crippen molar-refractivity contribution in [2.75, 3.05) is 16.6 Å². The molecule has 0 saturated carbocycles. The van der Waals surface area contributed by atoms with Crippen LogP contribution in [0.4, 0.5) is 11.4 Å². The smallest absolute Gasteiger partial charge is 0.266 e. The summed E-state index contributed by atoms with van der Waals surface area (Å²) in [6.45, 7) is 2.16. The maximum atomic E-state index is 13.7. The number of hydroxylamine groups is 1. The molecule has 2 aliphatic heterocycles. The number of carbonyl (C=O) groups excluding carboxylic acids is 2. The number of hydrogen-bond acceptors (Lipinski definition) is 6. The van der Waals surface area contributed by atoms with Crippen LogP contribution < -0.4 is 14.7 Å². The van der Waals surface area contributed by atoms with Gasteiger partial charge in [0.1, 0.15) is 5.92 Å². The summed E-state index contributed by atoms with van der Waals surface area (Å²) in [5.74, 6) is -1.43. The minimum atomic E-state index is -1.01. The fourth-order valence-corrected chi connectivity index (χ4v) is 5.10. The molecule has 0 radical (unpaired) electrons. The Balaban J connectivity index is 1.63. The third-order valence-corrected chi connectivity index (χ3v) is 6.72. The number of para-hydroxylation sites is 1. The Labute approximate surface area is 209 Å². The predicted molar refractivity (Wildman–Crippen MR) is 131 cm³/mol. The van der Waals surface area contributed by atoms with Gasteiger partial charge in [-0.05, 0) is 70.9 Å². The van der Waals surface area contributed by atoms with Crippen molar-refractivity contribution in [1.29, 1.82) is 0 Å². The number of anilines is 2. The third-order valence-electron chi connectivity index (χ3n) is 5.88. The van der Waals surface area contributed by atoms with Gasteiger partial charge in [-0.25, -0.2) is 9.96 Å². The first-order valence-corrected chi connectivity index (χ1v) is 11.9. The summed E-state index contributed by atoms with van der Waals surface area (Å²) in [5, 5.41) is 12.4. The summed E-state index contributed by atoms with van der Waals surface area (Å²) in [4.78, 5) is 34.4. The summed E-state index contributed by atoms with van der Waals surface area (Å²) < 4.78 is 6.02. The van der Waals surface area contributed by atoms with Gasteiger partial charge in [0.15, 0.2) is 17.6 Å². The van der Waals surface area contributed by atoms with E-state index >= 15 is 0 Å². The molecule has 1 N–H and O–H groups in total. The molecule has 2 aliphatic rings. The molecule has 3 aromatic rings. The Bertz CT molecular complexity index is 1270. The standard InChI is InChI=1S/C25H20BrClN2O5/c1-2-33-19-12-14(11-18(26)22(19)30)21-20-23(34-29(21)16-8-4-3-5-9-16)25(32)28(24(20)31)17-10-6-7-15(27)13-17/h3-13,20-21,23,30H,2H2,1H3/t20-,21-,23-/m1/s1. The molecule has 34 heavy (non-hydrogen) atoms. The molecule has 2 amide bonds. The molecule has 0 bridgehead atoms. The number of benzene rings is 3. The van der Waals surface area contributed by atoms with Crippen LogP contribution in [-0.2, 0) is 14.4 Å². The topological polar surface area (TPSA) is 79.3 Å². The van der Waals surface area contributed by atoms with Crippen LogP contribution in [0.15, 0.2) is 71.2 Å². The Hall–Kier alpha value is -3.07. The van der Waals surface area contributed by atoms with Gasteiger partial charge < -0.3 is 9.84 Å². The molecule has 7 nitrogen and oxygen atoms in total.